The topological polar surface area (TPSA) is 134 Å². The monoisotopic (exact) mass is 720 g/mol. The number of ether oxygens (including phenoxy) is 2. The van der Waals surface area contributed by atoms with Crippen LogP contribution < -0.4 is 5.73 Å². The molecular formula is C39H78NO8P. The molecule has 10 heteroatoms. The first-order chi connectivity index (χ1) is 23.6. The number of hydrogen-bond acceptors (Lipinski definition) is 8. The molecule has 0 aliphatic rings. The molecule has 0 aromatic carbocycles. The van der Waals surface area contributed by atoms with Crippen LogP contribution in [0, 0.1) is 11.8 Å². The molecule has 3 N–H and O–H groups in total. The van der Waals surface area contributed by atoms with Crippen molar-refractivity contribution in [3.8, 4) is 0 Å². The van der Waals surface area contributed by atoms with Crippen molar-refractivity contribution in [2.75, 3.05) is 26.4 Å². The molecule has 1 unspecified atom stereocenters. The molecular weight excluding hydrogens is 641 g/mol. The molecule has 0 fully saturated rings. The van der Waals surface area contributed by atoms with Crippen molar-refractivity contribution in [1.29, 1.82) is 0 Å². The second-order valence-electron chi connectivity index (χ2n) is 14.8. The minimum Gasteiger partial charge on any atom is -0.462 e. The number of esters is 2. The van der Waals surface area contributed by atoms with E-state index in [2.05, 4.69) is 27.7 Å². The predicted molar refractivity (Wildman–Crippen MR) is 201 cm³/mol. The Labute approximate surface area is 301 Å². The molecule has 0 aromatic rings. The van der Waals surface area contributed by atoms with Crippen LogP contribution in [0.15, 0.2) is 0 Å². The second-order valence-corrected chi connectivity index (χ2v) is 16.3. The average Bonchev–Trinajstić information content (AvgIpc) is 3.05. The van der Waals surface area contributed by atoms with Gasteiger partial charge in [-0.3, -0.25) is 18.6 Å². The molecule has 0 spiro atoms. The predicted octanol–water partition coefficient (Wildman–Crippen LogP) is 11.0. The maximum Gasteiger partial charge on any atom is 0.472 e. The molecule has 292 valence electrons. The highest BCUT2D eigenvalue weighted by Gasteiger charge is 2.26. The molecule has 0 amide bonds. The molecule has 49 heavy (non-hydrogen) atoms. The Balaban J connectivity index is 4.16. The lowest BCUT2D eigenvalue weighted by molar-refractivity contribution is -0.161. The first-order valence-corrected chi connectivity index (χ1v) is 21.7. The summed E-state index contributed by atoms with van der Waals surface area (Å²) in [5, 5.41) is 0. The van der Waals surface area contributed by atoms with E-state index in [1.807, 2.05) is 0 Å². The van der Waals surface area contributed by atoms with Crippen LogP contribution in [0.1, 0.15) is 195 Å². The van der Waals surface area contributed by atoms with Crippen molar-refractivity contribution in [3.63, 3.8) is 0 Å². The van der Waals surface area contributed by atoms with E-state index in [0.29, 0.717) is 6.42 Å². The maximum atomic E-state index is 12.5. The van der Waals surface area contributed by atoms with Crippen molar-refractivity contribution < 1.29 is 37.6 Å². The van der Waals surface area contributed by atoms with Gasteiger partial charge in [-0.15, -0.1) is 0 Å². The Kier molecular flexibility index (Phi) is 33.4. The number of phosphoric acid groups is 1. The van der Waals surface area contributed by atoms with Gasteiger partial charge in [-0.05, 0) is 24.7 Å². The second kappa shape index (κ2) is 34.1. The fourth-order valence-electron chi connectivity index (χ4n) is 5.83. The van der Waals surface area contributed by atoms with E-state index < -0.39 is 26.5 Å². The standard InChI is InChI=1S/C39H78NO8P/c1-35(2)27-23-19-15-11-7-5-9-13-17-21-25-29-38(41)45-33-37(34-47-49(43,44)46-32-31-40)48-39(42)30-26-22-18-14-10-6-8-12-16-20-24-28-36(3)4/h35-37H,5-34,40H2,1-4H3,(H,43,44)/t37-/m1/s1. The van der Waals surface area contributed by atoms with Crippen molar-refractivity contribution in [2.45, 2.75) is 201 Å². The third-order valence-electron chi connectivity index (χ3n) is 8.85. The summed E-state index contributed by atoms with van der Waals surface area (Å²) in [6, 6.07) is 0. The van der Waals surface area contributed by atoms with Crippen LogP contribution in [0.4, 0.5) is 0 Å². The van der Waals surface area contributed by atoms with E-state index in [4.69, 9.17) is 24.3 Å². The van der Waals surface area contributed by atoms with Gasteiger partial charge in [0.05, 0.1) is 13.2 Å². The van der Waals surface area contributed by atoms with Crippen LogP contribution in [0.2, 0.25) is 0 Å². The van der Waals surface area contributed by atoms with Crippen molar-refractivity contribution in [3.05, 3.63) is 0 Å². The van der Waals surface area contributed by atoms with E-state index >= 15 is 0 Å². The lowest BCUT2D eigenvalue weighted by atomic mass is 10.0. The smallest absolute Gasteiger partial charge is 0.462 e. The van der Waals surface area contributed by atoms with Crippen LogP contribution in [0.25, 0.3) is 0 Å². The van der Waals surface area contributed by atoms with Crippen molar-refractivity contribution in [2.24, 2.45) is 17.6 Å². The summed E-state index contributed by atoms with van der Waals surface area (Å²) >= 11 is 0. The zero-order chi connectivity index (χ0) is 36.4. The molecule has 0 bridgehead atoms. The third-order valence-corrected chi connectivity index (χ3v) is 9.83. The molecule has 0 aromatic heterocycles. The largest absolute Gasteiger partial charge is 0.472 e. The number of carbonyl (C=O) groups excluding carboxylic acids is 2. The van der Waals surface area contributed by atoms with Gasteiger partial charge in [0.2, 0.25) is 0 Å². The van der Waals surface area contributed by atoms with Gasteiger partial charge in [-0.25, -0.2) is 4.57 Å². The highest BCUT2D eigenvalue weighted by Crippen LogP contribution is 2.43. The average molecular weight is 720 g/mol. The van der Waals surface area contributed by atoms with Gasteiger partial charge in [0, 0.05) is 19.4 Å². The molecule has 0 aliphatic carbocycles. The van der Waals surface area contributed by atoms with E-state index in [-0.39, 0.29) is 38.6 Å². The summed E-state index contributed by atoms with van der Waals surface area (Å²) in [4.78, 5) is 34.8. The van der Waals surface area contributed by atoms with Crippen molar-refractivity contribution >= 4 is 19.8 Å². The maximum absolute atomic E-state index is 12.5. The van der Waals surface area contributed by atoms with Gasteiger partial charge in [0.1, 0.15) is 6.61 Å². The van der Waals surface area contributed by atoms with Gasteiger partial charge < -0.3 is 20.1 Å². The van der Waals surface area contributed by atoms with Gasteiger partial charge in [-0.2, -0.15) is 0 Å². The molecule has 0 saturated heterocycles. The zero-order valence-electron chi connectivity index (χ0n) is 32.3. The van der Waals surface area contributed by atoms with E-state index in [1.165, 1.54) is 116 Å². The summed E-state index contributed by atoms with van der Waals surface area (Å²) in [5.74, 6) is 0.801. The molecule has 0 saturated carbocycles. The van der Waals surface area contributed by atoms with Gasteiger partial charge >= 0.3 is 19.8 Å². The molecule has 0 aliphatic heterocycles. The Morgan fingerprint density at radius 3 is 1.31 bits per heavy atom. The minimum absolute atomic E-state index is 0.0567. The number of nitrogens with two attached hydrogens (primary N) is 1. The minimum atomic E-state index is -4.36. The van der Waals surface area contributed by atoms with Crippen LogP contribution in [-0.4, -0.2) is 49.3 Å². The molecule has 0 radical (unpaired) electrons. The summed E-state index contributed by atoms with van der Waals surface area (Å²) in [7, 11) is -4.36. The normalized spacial score (nSPS) is 13.6. The summed E-state index contributed by atoms with van der Waals surface area (Å²) in [5.41, 5.74) is 5.34. The van der Waals surface area contributed by atoms with Crippen LogP contribution in [-0.2, 0) is 32.7 Å². The van der Waals surface area contributed by atoms with Crippen LogP contribution >= 0.6 is 7.82 Å². The highest BCUT2D eigenvalue weighted by molar-refractivity contribution is 7.47. The van der Waals surface area contributed by atoms with Gasteiger partial charge in [0.15, 0.2) is 6.10 Å². The molecule has 0 rings (SSSR count). The molecule has 0 heterocycles. The van der Waals surface area contributed by atoms with Gasteiger partial charge in [0.25, 0.3) is 0 Å². The Hall–Kier alpha value is -0.990. The lowest BCUT2D eigenvalue weighted by Gasteiger charge is -2.19. The van der Waals surface area contributed by atoms with Gasteiger partial charge in [-0.1, -0.05) is 169 Å². The summed E-state index contributed by atoms with van der Waals surface area (Å²) in [6.45, 7) is 8.40. The highest BCUT2D eigenvalue weighted by atomic mass is 31.2. The third kappa shape index (κ3) is 36.6. The summed E-state index contributed by atoms with van der Waals surface area (Å²) in [6.07, 6.45) is 28.5. The van der Waals surface area contributed by atoms with Crippen molar-refractivity contribution in [1.82, 2.24) is 0 Å². The zero-order valence-corrected chi connectivity index (χ0v) is 33.2. The lowest BCUT2D eigenvalue weighted by Crippen LogP contribution is -2.29. The number of phosphoric ester groups is 1. The Bertz CT molecular complexity index is 810. The van der Waals surface area contributed by atoms with Crippen LogP contribution in [0.5, 0.6) is 0 Å². The Morgan fingerprint density at radius 1 is 0.551 bits per heavy atom. The fraction of sp³-hybridized carbons (Fsp3) is 0.949. The van der Waals surface area contributed by atoms with E-state index in [9.17, 15) is 19.0 Å². The first kappa shape index (κ1) is 48.0. The summed E-state index contributed by atoms with van der Waals surface area (Å²) < 4.78 is 32.7. The molecule has 9 nitrogen and oxygen atoms in total. The number of hydrogen-bond donors (Lipinski definition) is 2. The van der Waals surface area contributed by atoms with E-state index in [1.54, 1.807) is 0 Å². The van der Waals surface area contributed by atoms with E-state index in [0.717, 1.165) is 43.9 Å². The number of rotatable bonds is 37. The number of carbonyl (C=O) groups is 2. The quantitative estimate of drug-likeness (QED) is 0.0365. The number of unbranched alkanes of at least 4 members (excludes halogenated alkanes) is 20. The SMILES string of the molecule is CC(C)CCCCCCCCCCCCCC(=O)OC[C@H](COP(=O)(O)OCCN)OC(=O)CCCCCCCCCCCCCC(C)C. The van der Waals surface area contributed by atoms with Crippen LogP contribution in [0.3, 0.4) is 0 Å². The fourth-order valence-corrected chi connectivity index (χ4v) is 6.59. The first-order valence-electron chi connectivity index (χ1n) is 20.2. The Morgan fingerprint density at radius 2 is 0.918 bits per heavy atom. The molecule has 2 atom stereocenters.